The highest BCUT2D eigenvalue weighted by molar-refractivity contribution is 6.21. The Morgan fingerprint density at radius 2 is 0.859 bits per heavy atom. The molecule has 3 aliphatic rings. The van der Waals surface area contributed by atoms with Crippen LogP contribution in [-0.2, 0) is 16.2 Å². The molecule has 0 saturated heterocycles. The van der Waals surface area contributed by atoms with E-state index in [2.05, 4.69) is 253 Å². The molecule has 4 heteroatoms. The molecule has 0 fully saturated rings. The summed E-state index contributed by atoms with van der Waals surface area (Å²) in [6.45, 7) is 14.5. The van der Waals surface area contributed by atoms with Crippen molar-refractivity contribution >= 4 is 60.9 Å². The number of pyridine rings is 1. The molecule has 372 valence electrons. The second-order valence-electron chi connectivity index (χ2n) is 23.3. The van der Waals surface area contributed by atoms with Crippen molar-refractivity contribution in [2.75, 3.05) is 4.90 Å². The van der Waals surface area contributed by atoms with E-state index in [0.717, 1.165) is 89.1 Å². The fourth-order valence-corrected chi connectivity index (χ4v) is 14.5. The van der Waals surface area contributed by atoms with Gasteiger partial charge in [0.1, 0.15) is 22.3 Å². The topological polar surface area (TPSA) is 42.4 Å². The first-order valence-electron chi connectivity index (χ1n) is 27.4. The lowest BCUT2D eigenvalue weighted by molar-refractivity contribution is 0.600. The Morgan fingerprint density at radius 1 is 0.359 bits per heavy atom. The van der Waals surface area contributed by atoms with Crippen LogP contribution < -0.4 is 4.90 Å². The number of anilines is 3. The zero-order chi connectivity index (χ0) is 52.4. The van der Waals surface area contributed by atoms with Crippen molar-refractivity contribution in [2.24, 2.45) is 0 Å². The van der Waals surface area contributed by atoms with Gasteiger partial charge in [-0.15, -0.1) is 0 Å². The van der Waals surface area contributed by atoms with Crippen LogP contribution in [0.25, 0.3) is 111 Å². The summed E-state index contributed by atoms with van der Waals surface area (Å²) in [4.78, 5) is 7.46. The molecular weight excluding hydrogens is 949 g/mol. The maximum absolute atomic E-state index is 7.15. The molecule has 16 rings (SSSR count). The number of rotatable bonds is 6. The van der Waals surface area contributed by atoms with Crippen molar-refractivity contribution in [1.29, 1.82) is 0 Å². The van der Waals surface area contributed by atoms with E-state index in [-0.39, 0.29) is 5.41 Å². The third-order valence-electron chi connectivity index (χ3n) is 18.0. The van der Waals surface area contributed by atoms with Crippen molar-refractivity contribution in [1.82, 2.24) is 4.98 Å². The molecule has 78 heavy (non-hydrogen) atoms. The Labute approximate surface area is 453 Å². The molecule has 0 aliphatic heterocycles. The van der Waals surface area contributed by atoms with Gasteiger partial charge in [-0.25, -0.2) is 0 Å². The fraction of sp³-hybridized carbons (Fsp3) is 0.122. The van der Waals surface area contributed by atoms with Crippen LogP contribution in [0.2, 0.25) is 0 Å². The molecular formula is C74H54N2O2. The first-order valence-corrected chi connectivity index (χ1v) is 27.4. The van der Waals surface area contributed by atoms with E-state index in [1.165, 1.54) is 72.1 Å². The molecule has 0 saturated carbocycles. The molecule has 3 heterocycles. The van der Waals surface area contributed by atoms with Gasteiger partial charge in [0.05, 0.1) is 11.4 Å². The lowest BCUT2D eigenvalue weighted by atomic mass is 9.72. The van der Waals surface area contributed by atoms with Gasteiger partial charge in [0.2, 0.25) is 0 Å². The molecule has 0 spiro atoms. The summed E-state index contributed by atoms with van der Waals surface area (Å²) in [5.74, 6) is 0. The molecule has 4 nitrogen and oxygen atoms in total. The van der Waals surface area contributed by atoms with Gasteiger partial charge in [0.15, 0.2) is 0 Å². The molecule has 3 aromatic heterocycles. The number of benzene rings is 10. The minimum atomic E-state index is -0.407. The fourth-order valence-electron chi connectivity index (χ4n) is 14.5. The van der Waals surface area contributed by atoms with Gasteiger partial charge >= 0.3 is 0 Å². The Hall–Kier alpha value is -9.25. The number of aromatic nitrogens is 1. The first-order chi connectivity index (χ1) is 38.0. The number of hydrogen-bond donors (Lipinski definition) is 0. The predicted octanol–water partition coefficient (Wildman–Crippen LogP) is 20.3. The molecule has 0 bridgehead atoms. The zero-order valence-corrected chi connectivity index (χ0v) is 44.5. The van der Waals surface area contributed by atoms with Crippen LogP contribution in [0, 0.1) is 0 Å². The lowest BCUT2D eigenvalue weighted by Crippen LogP contribution is -2.24. The van der Waals surface area contributed by atoms with Gasteiger partial charge in [-0.05, 0) is 127 Å². The second-order valence-corrected chi connectivity index (χ2v) is 23.3. The maximum Gasteiger partial charge on any atom is 0.145 e. The monoisotopic (exact) mass is 1000 g/mol. The highest BCUT2D eigenvalue weighted by atomic mass is 16.3. The van der Waals surface area contributed by atoms with Crippen molar-refractivity contribution in [3.05, 3.63) is 252 Å². The third-order valence-corrected chi connectivity index (χ3v) is 18.0. The van der Waals surface area contributed by atoms with E-state index in [1.807, 2.05) is 12.3 Å². The Kier molecular flexibility index (Phi) is 9.18. The molecule has 3 aliphatic carbocycles. The Morgan fingerprint density at radius 3 is 1.50 bits per heavy atom. The molecule has 0 unspecified atom stereocenters. The van der Waals surface area contributed by atoms with Crippen molar-refractivity contribution in [3.63, 3.8) is 0 Å². The van der Waals surface area contributed by atoms with E-state index in [0.29, 0.717) is 0 Å². The summed E-state index contributed by atoms with van der Waals surface area (Å²) in [7, 11) is 0. The highest BCUT2D eigenvalue weighted by Gasteiger charge is 2.49. The quantitative estimate of drug-likeness (QED) is 0.166. The van der Waals surface area contributed by atoms with Crippen LogP contribution in [0.5, 0.6) is 0 Å². The van der Waals surface area contributed by atoms with Crippen molar-refractivity contribution in [2.45, 2.75) is 57.8 Å². The number of hydrogen-bond acceptors (Lipinski definition) is 4. The third kappa shape index (κ3) is 5.98. The number of para-hydroxylation sites is 3. The predicted molar refractivity (Wildman–Crippen MR) is 322 cm³/mol. The summed E-state index contributed by atoms with van der Waals surface area (Å²) in [6, 6.07) is 77.8. The van der Waals surface area contributed by atoms with Gasteiger partial charge in [-0.2, -0.15) is 0 Å². The number of fused-ring (bicyclic) bond motifs is 19. The van der Waals surface area contributed by atoms with Crippen molar-refractivity contribution in [3.8, 4) is 66.9 Å². The summed E-state index contributed by atoms with van der Waals surface area (Å²) >= 11 is 0. The zero-order valence-electron chi connectivity index (χ0n) is 44.5. The van der Waals surface area contributed by atoms with Crippen LogP contribution in [0.3, 0.4) is 0 Å². The smallest absolute Gasteiger partial charge is 0.145 e. The average Bonchev–Trinajstić information content (AvgIpc) is 2.90. The molecule has 10 aromatic carbocycles. The van der Waals surface area contributed by atoms with E-state index in [1.54, 1.807) is 0 Å². The average molecular weight is 1000 g/mol. The van der Waals surface area contributed by atoms with E-state index in [4.69, 9.17) is 13.8 Å². The van der Waals surface area contributed by atoms with E-state index < -0.39 is 10.8 Å². The van der Waals surface area contributed by atoms with Gasteiger partial charge in [-0.3, -0.25) is 4.98 Å². The summed E-state index contributed by atoms with van der Waals surface area (Å²) in [5, 5.41) is 4.62. The minimum Gasteiger partial charge on any atom is -0.455 e. The number of furan rings is 2. The van der Waals surface area contributed by atoms with Gasteiger partial charge < -0.3 is 13.7 Å². The Balaban J connectivity index is 0.974. The van der Waals surface area contributed by atoms with Gasteiger partial charge in [0, 0.05) is 77.6 Å². The Bertz CT molecular complexity index is 4630. The minimum absolute atomic E-state index is 0.253. The molecule has 13 aromatic rings. The molecule has 0 atom stereocenters. The SMILES string of the molecule is CC1(C)c2cc(N(c3ccc4c(c3)C(C)(C)c3c5c(c6c(oc7ccccc76)c3-4)-c3ccccc3C5(C)C)c3c(-c4ccccc4)cccc3-c3ccccc3)ccc2-c2c1cc(-c1ccccn1)c1oc3ccccc3c21. The van der Waals surface area contributed by atoms with Crippen LogP contribution in [0.1, 0.15) is 74.9 Å². The van der Waals surface area contributed by atoms with Gasteiger partial charge in [-0.1, -0.05) is 199 Å². The van der Waals surface area contributed by atoms with Crippen LogP contribution in [0.4, 0.5) is 17.1 Å². The first kappa shape index (κ1) is 45.0. The van der Waals surface area contributed by atoms with Crippen LogP contribution in [-0.4, -0.2) is 4.98 Å². The van der Waals surface area contributed by atoms with E-state index in [9.17, 15) is 0 Å². The summed E-state index contributed by atoms with van der Waals surface area (Å²) in [6.07, 6.45) is 1.87. The molecule has 0 N–H and O–H groups in total. The maximum atomic E-state index is 7.15. The molecule has 0 radical (unpaired) electrons. The van der Waals surface area contributed by atoms with Gasteiger partial charge in [0.25, 0.3) is 0 Å². The normalized spacial score (nSPS) is 14.8. The van der Waals surface area contributed by atoms with Crippen molar-refractivity contribution < 1.29 is 8.83 Å². The van der Waals surface area contributed by atoms with Crippen LogP contribution in [0.15, 0.2) is 227 Å². The molecule has 0 amide bonds. The summed E-state index contributed by atoms with van der Waals surface area (Å²) < 4.78 is 14.0. The number of nitrogens with zero attached hydrogens (tertiary/aromatic N) is 2. The highest BCUT2D eigenvalue weighted by Crippen LogP contribution is 2.64. The summed E-state index contributed by atoms with van der Waals surface area (Å²) in [5.41, 5.74) is 27.8. The second kappa shape index (κ2) is 15.9. The largest absolute Gasteiger partial charge is 0.455 e. The standard InChI is InChI=1S/C74H54N2O2/c1-72(2)56-40-45(35-37-50(56)62-58(72)42-54(59-32-19-20-39-75-59)70-64(62)52-27-14-17-33-60(52)77-70)76(69-47(43-22-9-7-10-23-43)29-21-30-48(69)44-24-11-8-12-25-44)46-36-38-51-57(41-46)74(5,6)68-66(51)71-65(53-28-15-18-34-61(53)78-71)63-49-26-13-16-31-55(49)73(3,4)67(63)68/h7-42H,1-6H3. The van der Waals surface area contributed by atoms with E-state index >= 15 is 0 Å². The van der Waals surface area contributed by atoms with Crippen LogP contribution >= 0.6 is 0 Å². The lowest BCUT2D eigenvalue weighted by Gasteiger charge is -2.33.